The molecule has 1 aromatic carbocycles. The number of halogens is 1. The number of aromatic nitrogens is 1. The van der Waals surface area contributed by atoms with Gasteiger partial charge in [-0.05, 0) is 30.7 Å². The van der Waals surface area contributed by atoms with Crippen LogP contribution in [0.5, 0.6) is 5.88 Å². The van der Waals surface area contributed by atoms with E-state index in [1.165, 1.54) is 12.1 Å². The normalized spacial score (nSPS) is 10.4. The number of rotatable bonds is 1. The zero-order valence-corrected chi connectivity index (χ0v) is 7.49. The van der Waals surface area contributed by atoms with Crippen LogP contribution in [0.4, 0.5) is 4.39 Å². The molecule has 0 radical (unpaired) electrons. The third-order valence-electron chi connectivity index (χ3n) is 1.91. The molecule has 1 aromatic heterocycles. The maximum Gasteiger partial charge on any atom is 0.250 e. The lowest BCUT2D eigenvalue weighted by atomic mass is 10.1. The third-order valence-corrected chi connectivity index (χ3v) is 1.91. The van der Waals surface area contributed by atoms with E-state index in [1.807, 2.05) is 0 Å². The maximum absolute atomic E-state index is 12.8. The first-order valence-corrected chi connectivity index (χ1v) is 4.08. The molecule has 4 heteroatoms. The summed E-state index contributed by atoms with van der Waals surface area (Å²) in [6.45, 7) is 1.75. The molecule has 0 spiro atoms. The average molecular weight is 193 g/mol. The Balaban J connectivity index is 2.52. The van der Waals surface area contributed by atoms with Crippen LogP contribution >= 0.6 is 0 Å². The summed E-state index contributed by atoms with van der Waals surface area (Å²) < 4.78 is 17.8. The summed E-state index contributed by atoms with van der Waals surface area (Å²) in [5.41, 5.74) is 1.39. The van der Waals surface area contributed by atoms with E-state index in [1.54, 1.807) is 13.0 Å². The van der Waals surface area contributed by atoms with Gasteiger partial charge >= 0.3 is 0 Å². The van der Waals surface area contributed by atoms with Crippen LogP contribution in [0, 0.1) is 12.7 Å². The smallest absolute Gasteiger partial charge is 0.250 e. The number of hydrogen-bond donors (Lipinski definition) is 1. The monoisotopic (exact) mass is 193 g/mol. The molecule has 0 atom stereocenters. The molecule has 0 aliphatic heterocycles. The molecule has 72 valence electrons. The van der Waals surface area contributed by atoms with Gasteiger partial charge in [-0.25, -0.2) is 4.39 Å². The van der Waals surface area contributed by atoms with E-state index >= 15 is 0 Å². The van der Waals surface area contributed by atoms with Crippen LogP contribution < -0.4 is 0 Å². The maximum atomic E-state index is 12.8. The minimum Gasteiger partial charge on any atom is -0.491 e. The largest absolute Gasteiger partial charge is 0.491 e. The summed E-state index contributed by atoms with van der Waals surface area (Å²) in [4.78, 5) is 3.74. The molecule has 1 N–H and O–H groups in total. The van der Waals surface area contributed by atoms with Gasteiger partial charge < -0.3 is 9.52 Å². The average Bonchev–Trinajstić information content (AvgIpc) is 2.51. The van der Waals surface area contributed by atoms with Crippen LogP contribution in [0.3, 0.4) is 0 Å². The van der Waals surface area contributed by atoms with Crippen molar-refractivity contribution in [1.82, 2.24) is 4.98 Å². The summed E-state index contributed by atoms with van der Waals surface area (Å²) in [6.07, 6.45) is 1.14. The van der Waals surface area contributed by atoms with Gasteiger partial charge in [0, 0.05) is 5.56 Å². The Kier molecular flexibility index (Phi) is 1.96. The molecular weight excluding hydrogens is 185 g/mol. The second-order valence-corrected chi connectivity index (χ2v) is 2.97. The summed E-state index contributed by atoms with van der Waals surface area (Å²) in [6, 6.07) is 4.27. The van der Waals surface area contributed by atoms with Gasteiger partial charge in [0.2, 0.25) is 5.89 Å². The molecule has 0 unspecified atom stereocenters. The molecule has 14 heavy (non-hydrogen) atoms. The third kappa shape index (κ3) is 1.46. The predicted molar refractivity (Wildman–Crippen MR) is 48.3 cm³/mol. The van der Waals surface area contributed by atoms with Crippen LogP contribution in [0.2, 0.25) is 0 Å². The van der Waals surface area contributed by atoms with Crippen LogP contribution in [0.15, 0.2) is 28.9 Å². The first kappa shape index (κ1) is 8.74. The van der Waals surface area contributed by atoms with Crippen LogP contribution in [0.1, 0.15) is 5.56 Å². The highest BCUT2D eigenvalue weighted by molar-refractivity contribution is 5.58. The number of benzene rings is 1. The van der Waals surface area contributed by atoms with E-state index in [-0.39, 0.29) is 11.7 Å². The SMILES string of the molecule is Cc1cc(F)ccc1-c1nc(O)co1. The van der Waals surface area contributed by atoms with Gasteiger partial charge in [-0.1, -0.05) is 0 Å². The lowest BCUT2D eigenvalue weighted by Crippen LogP contribution is -1.84. The lowest BCUT2D eigenvalue weighted by Gasteiger charge is -1.99. The molecule has 0 aliphatic carbocycles. The molecule has 2 rings (SSSR count). The van der Waals surface area contributed by atoms with E-state index in [4.69, 9.17) is 9.52 Å². The van der Waals surface area contributed by atoms with Gasteiger partial charge in [0.25, 0.3) is 5.88 Å². The van der Waals surface area contributed by atoms with Gasteiger partial charge in [0.15, 0.2) is 6.26 Å². The number of nitrogens with zero attached hydrogens (tertiary/aromatic N) is 1. The number of hydrogen-bond acceptors (Lipinski definition) is 3. The summed E-state index contributed by atoms with van der Waals surface area (Å²) in [5.74, 6) is -0.189. The molecule has 1 heterocycles. The van der Waals surface area contributed by atoms with Gasteiger partial charge in [0.05, 0.1) is 0 Å². The fourth-order valence-electron chi connectivity index (χ4n) is 1.26. The highest BCUT2D eigenvalue weighted by atomic mass is 19.1. The van der Waals surface area contributed by atoms with Crippen molar-refractivity contribution in [2.75, 3.05) is 0 Å². The van der Waals surface area contributed by atoms with Crippen LogP contribution in [-0.2, 0) is 0 Å². The second-order valence-electron chi connectivity index (χ2n) is 2.97. The molecule has 0 saturated heterocycles. The number of aromatic hydroxyl groups is 1. The first-order valence-electron chi connectivity index (χ1n) is 4.08. The Bertz CT molecular complexity index is 465. The number of aryl methyl sites for hydroxylation is 1. The molecular formula is C10H8FNO2. The fourth-order valence-corrected chi connectivity index (χ4v) is 1.26. The van der Waals surface area contributed by atoms with Crippen LogP contribution in [-0.4, -0.2) is 10.1 Å². The van der Waals surface area contributed by atoms with Crippen molar-refractivity contribution in [3.63, 3.8) is 0 Å². The minimum atomic E-state index is -0.304. The summed E-state index contributed by atoms with van der Waals surface area (Å²) in [7, 11) is 0. The molecule has 0 fully saturated rings. The van der Waals surface area contributed by atoms with Crippen LogP contribution in [0.25, 0.3) is 11.5 Å². The molecule has 2 aromatic rings. The van der Waals surface area contributed by atoms with Gasteiger partial charge in [-0.2, -0.15) is 4.98 Å². The Morgan fingerprint density at radius 1 is 1.43 bits per heavy atom. The van der Waals surface area contributed by atoms with Crippen molar-refractivity contribution < 1.29 is 13.9 Å². The number of oxazole rings is 1. The Hall–Kier alpha value is -1.84. The van der Waals surface area contributed by atoms with E-state index < -0.39 is 0 Å². The zero-order chi connectivity index (χ0) is 10.1. The van der Waals surface area contributed by atoms with E-state index in [0.29, 0.717) is 17.0 Å². The fraction of sp³-hybridized carbons (Fsp3) is 0.100. The topological polar surface area (TPSA) is 46.3 Å². The zero-order valence-electron chi connectivity index (χ0n) is 7.49. The van der Waals surface area contributed by atoms with Crippen molar-refractivity contribution in [3.8, 4) is 17.3 Å². The van der Waals surface area contributed by atoms with Crippen molar-refractivity contribution >= 4 is 0 Å². The quantitative estimate of drug-likeness (QED) is 0.756. The van der Waals surface area contributed by atoms with Crippen molar-refractivity contribution in [3.05, 3.63) is 35.8 Å². The van der Waals surface area contributed by atoms with Crippen molar-refractivity contribution in [1.29, 1.82) is 0 Å². The first-order chi connectivity index (χ1) is 6.66. The second kappa shape index (κ2) is 3.14. The molecule has 0 amide bonds. The molecule has 0 saturated carbocycles. The summed E-state index contributed by atoms with van der Waals surface area (Å²) in [5, 5.41) is 8.98. The highest BCUT2D eigenvalue weighted by Crippen LogP contribution is 2.24. The minimum absolute atomic E-state index is 0.177. The van der Waals surface area contributed by atoms with E-state index in [0.717, 1.165) is 6.26 Å². The van der Waals surface area contributed by atoms with Gasteiger partial charge in [-0.3, -0.25) is 0 Å². The van der Waals surface area contributed by atoms with E-state index in [9.17, 15) is 4.39 Å². The summed E-state index contributed by atoms with van der Waals surface area (Å²) >= 11 is 0. The molecule has 0 aliphatic rings. The van der Waals surface area contributed by atoms with E-state index in [2.05, 4.69) is 4.98 Å². The standard InChI is InChI=1S/C10H8FNO2/c1-6-4-7(11)2-3-8(6)10-12-9(13)5-14-10/h2-5,13H,1H3. The Morgan fingerprint density at radius 2 is 2.21 bits per heavy atom. The van der Waals surface area contributed by atoms with Gasteiger partial charge in [-0.15, -0.1) is 0 Å². The van der Waals surface area contributed by atoms with Gasteiger partial charge in [0.1, 0.15) is 5.82 Å². The predicted octanol–water partition coefficient (Wildman–Crippen LogP) is 2.49. The Morgan fingerprint density at radius 3 is 2.79 bits per heavy atom. The Labute approximate surface area is 79.8 Å². The highest BCUT2D eigenvalue weighted by Gasteiger charge is 2.08. The molecule has 3 nitrogen and oxygen atoms in total. The van der Waals surface area contributed by atoms with Crippen molar-refractivity contribution in [2.24, 2.45) is 0 Å². The lowest BCUT2D eigenvalue weighted by molar-refractivity contribution is 0.448. The molecule has 0 bridgehead atoms. The van der Waals surface area contributed by atoms with Crippen molar-refractivity contribution in [2.45, 2.75) is 6.92 Å².